The normalized spacial score (nSPS) is 12.3. The Morgan fingerprint density at radius 2 is 1.85 bits per heavy atom. The molecule has 3 heterocycles. The highest BCUT2D eigenvalue weighted by molar-refractivity contribution is 6.05. The van der Waals surface area contributed by atoms with E-state index in [9.17, 15) is 9.59 Å². The van der Waals surface area contributed by atoms with Crippen LogP contribution >= 0.6 is 0 Å². The first-order valence-corrected chi connectivity index (χ1v) is 10.8. The van der Waals surface area contributed by atoms with Crippen LogP contribution in [0.3, 0.4) is 0 Å². The quantitative estimate of drug-likeness (QED) is 0.431. The molecule has 34 heavy (non-hydrogen) atoms. The van der Waals surface area contributed by atoms with Crippen molar-refractivity contribution in [1.82, 2.24) is 19.7 Å². The number of hydrogen-bond donors (Lipinski definition) is 3. The molecule has 0 aliphatic carbocycles. The van der Waals surface area contributed by atoms with Gasteiger partial charge in [-0.05, 0) is 44.2 Å². The van der Waals surface area contributed by atoms with Crippen molar-refractivity contribution < 1.29 is 9.59 Å². The van der Waals surface area contributed by atoms with Gasteiger partial charge in [0.1, 0.15) is 0 Å². The van der Waals surface area contributed by atoms with E-state index in [4.69, 9.17) is 0 Å². The number of nitrogens with zero attached hydrogens (tertiary/aromatic N) is 4. The Balaban J connectivity index is 1.36. The Kier molecular flexibility index (Phi) is 5.29. The van der Waals surface area contributed by atoms with Gasteiger partial charge < -0.3 is 16.0 Å². The van der Waals surface area contributed by atoms with Gasteiger partial charge >= 0.3 is 0 Å². The van der Waals surface area contributed by atoms with Crippen LogP contribution < -0.4 is 16.0 Å². The van der Waals surface area contributed by atoms with Crippen LogP contribution in [0.1, 0.15) is 27.3 Å². The fourth-order valence-electron chi connectivity index (χ4n) is 3.97. The largest absolute Gasteiger partial charge is 0.325 e. The molecule has 0 fully saturated rings. The number of carbonyl (C=O) groups excluding carboxylic acids is 2. The second-order valence-electron chi connectivity index (χ2n) is 8.16. The zero-order valence-electron chi connectivity index (χ0n) is 19.0. The molecule has 4 aromatic rings. The molecular formula is C25H23N7O2. The van der Waals surface area contributed by atoms with Crippen molar-refractivity contribution in [1.29, 1.82) is 0 Å². The van der Waals surface area contributed by atoms with E-state index in [2.05, 4.69) is 31.0 Å². The molecule has 9 nitrogen and oxygen atoms in total. The average molecular weight is 454 g/mol. The maximum atomic E-state index is 12.7. The summed E-state index contributed by atoms with van der Waals surface area (Å²) in [5.41, 5.74) is 6.70. The van der Waals surface area contributed by atoms with Crippen molar-refractivity contribution in [2.24, 2.45) is 7.05 Å². The predicted molar refractivity (Wildman–Crippen MR) is 130 cm³/mol. The van der Waals surface area contributed by atoms with Crippen molar-refractivity contribution in [2.45, 2.75) is 20.3 Å². The third-order valence-corrected chi connectivity index (χ3v) is 5.82. The smallest absolute Gasteiger partial charge is 0.255 e. The molecule has 9 heteroatoms. The Hall–Kier alpha value is -4.53. The number of aromatic nitrogens is 4. The maximum Gasteiger partial charge on any atom is 0.255 e. The summed E-state index contributed by atoms with van der Waals surface area (Å²) in [6.07, 6.45) is 1.89. The lowest BCUT2D eigenvalue weighted by Crippen LogP contribution is -2.13. The van der Waals surface area contributed by atoms with E-state index in [0.717, 1.165) is 39.6 Å². The summed E-state index contributed by atoms with van der Waals surface area (Å²) in [7, 11) is 1.84. The number of para-hydroxylation sites is 1. The second kappa shape index (κ2) is 8.43. The zero-order valence-corrected chi connectivity index (χ0v) is 19.0. The number of benzene rings is 2. The van der Waals surface area contributed by atoms with E-state index in [1.54, 1.807) is 35.1 Å². The van der Waals surface area contributed by atoms with Crippen LogP contribution in [0.15, 0.2) is 54.7 Å². The SMILES string of the molecule is Cc1nn(C)c(C)c1NC(=O)c1ccc(Nc2ncc3c(n2)-c2ccccc2NC(=O)C3)cc1. The standard InChI is InChI=1S/C25H23N7O2/c1-14-22(15(2)32(3)31-14)29-24(34)16-8-10-18(11-9-16)27-25-26-13-17-12-21(33)28-20-7-5-4-6-19(20)23(17)30-25/h4-11,13H,12H2,1-3H3,(H,28,33)(H,29,34)(H,26,27,30). The van der Waals surface area contributed by atoms with E-state index < -0.39 is 0 Å². The van der Waals surface area contributed by atoms with E-state index >= 15 is 0 Å². The van der Waals surface area contributed by atoms with Gasteiger partial charge in [0.25, 0.3) is 5.91 Å². The third-order valence-electron chi connectivity index (χ3n) is 5.82. The number of anilines is 4. The molecule has 0 radical (unpaired) electrons. The molecule has 5 rings (SSSR count). The molecule has 0 atom stereocenters. The number of fused-ring (bicyclic) bond motifs is 3. The molecule has 2 aromatic carbocycles. The average Bonchev–Trinajstić information content (AvgIpc) is 2.98. The molecule has 0 saturated carbocycles. The monoisotopic (exact) mass is 453 g/mol. The summed E-state index contributed by atoms with van der Waals surface area (Å²) in [6.45, 7) is 3.77. The molecule has 1 aliphatic rings. The number of carbonyl (C=O) groups is 2. The fourth-order valence-corrected chi connectivity index (χ4v) is 3.97. The molecular weight excluding hydrogens is 430 g/mol. The Morgan fingerprint density at radius 3 is 2.59 bits per heavy atom. The highest BCUT2D eigenvalue weighted by Crippen LogP contribution is 2.32. The zero-order chi connectivity index (χ0) is 23.8. The van der Waals surface area contributed by atoms with Gasteiger partial charge in [0.2, 0.25) is 11.9 Å². The highest BCUT2D eigenvalue weighted by atomic mass is 16.2. The van der Waals surface area contributed by atoms with Gasteiger partial charge in [-0.15, -0.1) is 0 Å². The molecule has 0 bridgehead atoms. The highest BCUT2D eigenvalue weighted by Gasteiger charge is 2.20. The molecule has 0 spiro atoms. The van der Waals surface area contributed by atoms with Crippen LogP contribution in [-0.4, -0.2) is 31.6 Å². The topological polar surface area (TPSA) is 114 Å². The molecule has 0 unspecified atom stereocenters. The van der Waals surface area contributed by atoms with Crippen molar-refractivity contribution in [3.8, 4) is 11.3 Å². The first-order valence-electron chi connectivity index (χ1n) is 10.8. The summed E-state index contributed by atoms with van der Waals surface area (Å²) in [5.74, 6) is 0.101. The summed E-state index contributed by atoms with van der Waals surface area (Å²) >= 11 is 0. The van der Waals surface area contributed by atoms with Gasteiger partial charge in [0, 0.05) is 35.6 Å². The fraction of sp³-hybridized carbons (Fsp3) is 0.160. The van der Waals surface area contributed by atoms with Crippen LogP contribution in [0.5, 0.6) is 0 Å². The van der Waals surface area contributed by atoms with Gasteiger partial charge in [-0.25, -0.2) is 9.97 Å². The Morgan fingerprint density at radius 1 is 1.09 bits per heavy atom. The number of nitrogens with one attached hydrogen (secondary N) is 3. The van der Waals surface area contributed by atoms with E-state index in [-0.39, 0.29) is 18.2 Å². The van der Waals surface area contributed by atoms with Gasteiger partial charge in [-0.3, -0.25) is 14.3 Å². The van der Waals surface area contributed by atoms with Crippen molar-refractivity contribution in [2.75, 3.05) is 16.0 Å². The lowest BCUT2D eigenvalue weighted by atomic mass is 10.1. The second-order valence-corrected chi connectivity index (χ2v) is 8.16. The summed E-state index contributed by atoms with van der Waals surface area (Å²) in [5, 5.41) is 13.4. The van der Waals surface area contributed by atoms with Crippen molar-refractivity contribution in [3.05, 3.63) is 77.2 Å². The third kappa shape index (κ3) is 3.99. The first kappa shape index (κ1) is 21.3. The minimum absolute atomic E-state index is 0.0963. The Labute approximate surface area is 196 Å². The first-order chi connectivity index (χ1) is 16.4. The van der Waals surface area contributed by atoms with E-state index in [1.807, 2.05) is 45.2 Å². The lowest BCUT2D eigenvalue weighted by molar-refractivity contribution is -0.115. The molecule has 2 aromatic heterocycles. The van der Waals surface area contributed by atoms with E-state index in [0.29, 0.717) is 17.2 Å². The number of amides is 2. The minimum Gasteiger partial charge on any atom is -0.325 e. The predicted octanol–water partition coefficient (Wildman–Crippen LogP) is 3.98. The van der Waals surface area contributed by atoms with Crippen LogP contribution in [0, 0.1) is 13.8 Å². The number of aryl methyl sites for hydroxylation is 2. The molecule has 2 amide bonds. The molecule has 3 N–H and O–H groups in total. The summed E-state index contributed by atoms with van der Waals surface area (Å²) < 4.78 is 1.74. The number of hydrogen-bond acceptors (Lipinski definition) is 6. The van der Waals surface area contributed by atoms with Gasteiger partial charge in [-0.2, -0.15) is 5.10 Å². The molecule has 1 aliphatic heterocycles. The molecule has 170 valence electrons. The number of rotatable bonds is 4. The van der Waals surface area contributed by atoms with Gasteiger partial charge in [0.05, 0.1) is 34.9 Å². The minimum atomic E-state index is -0.208. The summed E-state index contributed by atoms with van der Waals surface area (Å²) in [4.78, 5) is 34.0. The van der Waals surface area contributed by atoms with Crippen molar-refractivity contribution >= 4 is 34.8 Å². The lowest BCUT2D eigenvalue weighted by Gasteiger charge is -2.11. The van der Waals surface area contributed by atoms with Crippen LogP contribution in [0.2, 0.25) is 0 Å². The van der Waals surface area contributed by atoms with Gasteiger partial charge in [0.15, 0.2) is 0 Å². The summed E-state index contributed by atoms with van der Waals surface area (Å²) in [6, 6.07) is 14.6. The van der Waals surface area contributed by atoms with Crippen LogP contribution in [0.4, 0.5) is 23.0 Å². The van der Waals surface area contributed by atoms with Crippen LogP contribution in [-0.2, 0) is 18.3 Å². The van der Waals surface area contributed by atoms with Crippen LogP contribution in [0.25, 0.3) is 11.3 Å². The maximum absolute atomic E-state index is 12.7. The van der Waals surface area contributed by atoms with Gasteiger partial charge in [-0.1, -0.05) is 18.2 Å². The van der Waals surface area contributed by atoms with E-state index in [1.165, 1.54) is 0 Å². The van der Waals surface area contributed by atoms with Crippen molar-refractivity contribution in [3.63, 3.8) is 0 Å². The Bertz CT molecular complexity index is 1420. The molecule has 0 saturated heterocycles.